The molecule has 0 fully saturated rings. The van der Waals surface area contributed by atoms with Crippen molar-refractivity contribution >= 4 is 15.9 Å². The molecule has 2 aromatic rings. The molecule has 0 aliphatic carbocycles. The molecule has 2 rings (SSSR count). The largest absolute Gasteiger partial charge is 0.496 e. The van der Waals surface area contributed by atoms with Crippen molar-refractivity contribution in [3.8, 4) is 5.75 Å². The van der Waals surface area contributed by atoms with Crippen molar-refractivity contribution in [2.75, 3.05) is 20.2 Å². The number of amides is 1. The van der Waals surface area contributed by atoms with Gasteiger partial charge in [0.1, 0.15) is 5.75 Å². The summed E-state index contributed by atoms with van der Waals surface area (Å²) in [7, 11) is -2.00. The summed E-state index contributed by atoms with van der Waals surface area (Å²) in [6.45, 7) is 2.80. The highest BCUT2D eigenvalue weighted by molar-refractivity contribution is 7.89. The first-order valence-corrected chi connectivity index (χ1v) is 10.5. The molecule has 6 nitrogen and oxygen atoms in total. The molecule has 0 aliphatic heterocycles. The van der Waals surface area contributed by atoms with Gasteiger partial charge in [-0.25, -0.2) is 13.1 Å². The van der Waals surface area contributed by atoms with Crippen LogP contribution in [0.2, 0.25) is 0 Å². The first kappa shape index (κ1) is 20.9. The highest BCUT2D eigenvalue weighted by Crippen LogP contribution is 2.17. The number of benzene rings is 2. The molecule has 2 aromatic carbocycles. The summed E-state index contributed by atoms with van der Waals surface area (Å²) < 4.78 is 32.4. The molecule has 27 heavy (non-hydrogen) atoms. The first-order valence-electron chi connectivity index (χ1n) is 8.97. The molecule has 0 unspecified atom stereocenters. The van der Waals surface area contributed by atoms with Gasteiger partial charge in [-0.3, -0.25) is 4.79 Å². The van der Waals surface area contributed by atoms with E-state index >= 15 is 0 Å². The van der Waals surface area contributed by atoms with Gasteiger partial charge in [0.25, 0.3) is 5.91 Å². The Hall–Kier alpha value is -2.38. The van der Waals surface area contributed by atoms with Crippen LogP contribution in [0, 0.1) is 0 Å². The summed E-state index contributed by atoms with van der Waals surface area (Å²) in [5, 5.41) is 2.82. The van der Waals surface area contributed by atoms with Crippen molar-refractivity contribution in [1.29, 1.82) is 0 Å². The number of methoxy groups -OCH3 is 1. The summed E-state index contributed by atoms with van der Waals surface area (Å²) in [5.74, 6) is 0.466. The van der Waals surface area contributed by atoms with Gasteiger partial charge in [-0.1, -0.05) is 37.6 Å². The molecule has 7 heteroatoms. The third kappa shape index (κ3) is 6.08. The van der Waals surface area contributed by atoms with E-state index in [1.165, 1.54) is 12.1 Å². The summed E-state index contributed by atoms with van der Waals surface area (Å²) >= 11 is 0. The second kappa shape index (κ2) is 10.1. The standard InChI is InChI=1S/C20H26N2O4S/c1-3-4-13-22-27(24,25)18-10-7-9-17(15-18)20(23)21-14-12-16-8-5-6-11-19(16)26-2/h5-11,15,22H,3-4,12-14H2,1-2H3,(H,21,23). The van der Waals surface area contributed by atoms with E-state index in [0.717, 1.165) is 24.2 Å². The number of ether oxygens (including phenoxy) is 1. The highest BCUT2D eigenvalue weighted by atomic mass is 32.2. The predicted molar refractivity (Wildman–Crippen MR) is 106 cm³/mol. The van der Waals surface area contributed by atoms with E-state index in [1.54, 1.807) is 19.2 Å². The fourth-order valence-corrected chi connectivity index (χ4v) is 3.71. The maximum Gasteiger partial charge on any atom is 0.251 e. The van der Waals surface area contributed by atoms with E-state index in [0.29, 0.717) is 25.1 Å². The lowest BCUT2D eigenvalue weighted by Crippen LogP contribution is -2.27. The van der Waals surface area contributed by atoms with E-state index < -0.39 is 10.0 Å². The molecular weight excluding hydrogens is 364 g/mol. The average Bonchev–Trinajstić information content (AvgIpc) is 2.68. The molecule has 0 heterocycles. The van der Waals surface area contributed by atoms with Gasteiger partial charge in [0.2, 0.25) is 10.0 Å². The Morgan fingerprint density at radius 3 is 2.59 bits per heavy atom. The predicted octanol–water partition coefficient (Wildman–Crippen LogP) is 2.75. The van der Waals surface area contributed by atoms with E-state index in [1.807, 2.05) is 31.2 Å². The van der Waals surface area contributed by atoms with Gasteiger partial charge in [0, 0.05) is 18.7 Å². The minimum absolute atomic E-state index is 0.0935. The zero-order valence-corrected chi connectivity index (χ0v) is 16.5. The third-order valence-electron chi connectivity index (χ3n) is 4.10. The molecule has 0 atom stereocenters. The maximum atomic E-state index is 12.4. The van der Waals surface area contributed by atoms with E-state index in [-0.39, 0.29) is 10.8 Å². The Morgan fingerprint density at radius 2 is 1.85 bits per heavy atom. The van der Waals surface area contributed by atoms with Gasteiger partial charge in [-0.15, -0.1) is 0 Å². The lowest BCUT2D eigenvalue weighted by Gasteiger charge is -2.10. The number of hydrogen-bond acceptors (Lipinski definition) is 4. The molecule has 2 N–H and O–H groups in total. The van der Waals surface area contributed by atoms with Crippen LogP contribution >= 0.6 is 0 Å². The minimum Gasteiger partial charge on any atom is -0.496 e. The quantitative estimate of drug-likeness (QED) is 0.611. The van der Waals surface area contributed by atoms with Crippen molar-refractivity contribution in [3.05, 3.63) is 59.7 Å². The molecule has 146 valence electrons. The summed E-state index contributed by atoms with van der Waals surface area (Å²) in [5.41, 5.74) is 1.31. The molecule has 1 amide bonds. The Labute approximate surface area is 161 Å². The topological polar surface area (TPSA) is 84.5 Å². The van der Waals surface area contributed by atoms with Gasteiger partial charge < -0.3 is 10.1 Å². The second-order valence-electron chi connectivity index (χ2n) is 6.10. The minimum atomic E-state index is -3.61. The number of unbranched alkanes of at least 4 members (excludes halogenated alkanes) is 1. The molecule has 0 radical (unpaired) electrons. The number of para-hydroxylation sites is 1. The van der Waals surface area contributed by atoms with Crippen LogP contribution in [0.3, 0.4) is 0 Å². The van der Waals surface area contributed by atoms with Crippen LogP contribution in [0.5, 0.6) is 5.75 Å². The molecule has 0 bridgehead atoms. The molecule has 0 saturated heterocycles. The maximum absolute atomic E-state index is 12.4. The van der Waals surface area contributed by atoms with Crippen LogP contribution in [-0.2, 0) is 16.4 Å². The van der Waals surface area contributed by atoms with Gasteiger partial charge in [-0.05, 0) is 42.7 Å². The number of sulfonamides is 1. The monoisotopic (exact) mass is 390 g/mol. The van der Waals surface area contributed by atoms with E-state index in [9.17, 15) is 13.2 Å². The van der Waals surface area contributed by atoms with E-state index in [4.69, 9.17) is 4.74 Å². The zero-order chi connectivity index (χ0) is 19.7. The van der Waals surface area contributed by atoms with Crippen molar-refractivity contribution in [2.24, 2.45) is 0 Å². The smallest absolute Gasteiger partial charge is 0.251 e. The number of carbonyl (C=O) groups excluding carboxylic acids is 1. The Kier molecular flexibility index (Phi) is 7.82. The average molecular weight is 391 g/mol. The Bertz CT molecular complexity index is 866. The molecule has 0 aromatic heterocycles. The van der Waals surface area contributed by atoms with Crippen LogP contribution < -0.4 is 14.8 Å². The highest BCUT2D eigenvalue weighted by Gasteiger charge is 2.15. The van der Waals surface area contributed by atoms with Gasteiger partial charge in [-0.2, -0.15) is 0 Å². The summed E-state index contributed by atoms with van der Waals surface area (Å²) in [6.07, 6.45) is 2.28. The number of hydrogen-bond donors (Lipinski definition) is 2. The summed E-state index contributed by atoms with van der Waals surface area (Å²) in [4.78, 5) is 12.5. The lowest BCUT2D eigenvalue weighted by atomic mass is 10.1. The second-order valence-corrected chi connectivity index (χ2v) is 7.86. The third-order valence-corrected chi connectivity index (χ3v) is 5.56. The fourth-order valence-electron chi connectivity index (χ4n) is 2.59. The molecule has 0 aliphatic rings. The van der Waals surface area contributed by atoms with Crippen LogP contribution in [0.1, 0.15) is 35.7 Å². The van der Waals surface area contributed by atoms with Gasteiger partial charge in [0.15, 0.2) is 0 Å². The molecule has 0 spiro atoms. The zero-order valence-electron chi connectivity index (χ0n) is 15.7. The Balaban J connectivity index is 1.98. The van der Waals surface area contributed by atoms with Crippen LogP contribution in [0.15, 0.2) is 53.4 Å². The van der Waals surface area contributed by atoms with E-state index in [2.05, 4.69) is 10.0 Å². The van der Waals surface area contributed by atoms with Crippen molar-refractivity contribution in [2.45, 2.75) is 31.1 Å². The van der Waals surface area contributed by atoms with Gasteiger partial charge >= 0.3 is 0 Å². The van der Waals surface area contributed by atoms with Crippen molar-refractivity contribution in [3.63, 3.8) is 0 Å². The lowest BCUT2D eigenvalue weighted by molar-refractivity contribution is 0.0954. The van der Waals surface area contributed by atoms with Crippen LogP contribution in [0.25, 0.3) is 0 Å². The van der Waals surface area contributed by atoms with Crippen molar-refractivity contribution in [1.82, 2.24) is 10.0 Å². The molecule has 0 saturated carbocycles. The first-order chi connectivity index (χ1) is 13.0. The van der Waals surface area contributed by atoms with Crippen molar-refractivity contribution < 1.29 is 17.9 Å². The normalized spacial score (nSPS) is 11.2. The number of rotatable bonds is 10. The van der Waals surface area contributed by atoms with Gasteiger partial charge in [0.05, 0.1) is 12.0 Å². The SMILES string of the molecule is CCCCNS(=O)(=O)c1cccc(C(=O)NCCc2ccccc2OC)c1. The summed E-state index contributed by atoms with van der Waals surface area (Å²) in [6, 6.07) is 13.7. The molecular formula is C20H26N2O4S. The Morgan fingerprint density at radius 1 is 1.07 bits per heavy atom. The van der Waals surface area contributed by atoms with Crippen LogP contribution in [-0.4, -0.2) is 34.5 Å². The van der Waals surface area contributed by atoms with Crippen LogP contribution in [0.4, 0.5) is 0 Å². The fraction of sp³-hybridized carbons (Fsp3) is 0.350. The number of carbonyl (C=O) groups is 1. The number of nitrogens with one attached hydrogen (secondary N) is 2.